The van der Waals surface area contributed by atoms with Crippen molar-refractivity contribution in [3.8, 4) is 0 Å². The van der Waals surface area contributed by atoms with E-state index >= 15 is 0 Å². The van der Waals surface area contributed by atoms with Crippen molar-refractivity contribution in [1.82, 2.24) is 5.32 Å². The van der Waals surface area contributed by atoms with Gasteiger partial charge in [-0.1, -0.05) is 6.92 Å². The van der Waals surface area contributed by atoms with E-state index < -0.39 is 5.97 Å². The van der Waals surface area contributed by atoms with Gasteiger partial charge in [0.2, 0.25) is 5.91 Å². The predicted octanol–water partition coefficient (Wildman–Crippen LogP) is 3.59. The first-order valence-electron chi connectivity index (χ1n) is 9.40. The molecule has 0 radical (unpaired) electrons. The fourth-order valence-electron chi connectivity index (χ4n) is 3.34. The summed E-state index contributed by atoms with van der Waals surface area (Å²) < 4.78 is 5.26. The van der Waals surface area contributed by atoms with Crippen LogP contribution >= 0.6 is 11.3 Å². The lowest BCUT2D eigenvalue weighted by atomic mass is 9.88. The summed E-state index contributed by atoms with van der Waals surface area (Å²) in [5.41, 5.74) is 1.55. The molecular formula is C20H24N2O5S. The molecular weight excluding hydrogens is 380 g/mol. The second-order valence-electron chi connectivity index (χ2n) is 7.11. The molecule has 2 aromatic rings. The van der Waals surface area contributed by atoms with E-state index in [9.17, 15) is 14.4 Å². The minimum atomic E-state index is -0.925. The largest absolute Gasteiger partial charge is 0.481 e. The molecule has 3 N–H and O–H groups in total. The number of carboxylic acids is 1. The number of aliphatic carboxylic acids is 1. The quantitative estimate of drug-likeness (QED) is 0.623. The van der Waals surface area contributed by atoms with Crippen LogP contribution in [0, 0.1) is 5.92 Å². The Morgan fingerprint density at radius 2 is 2.14 bits per heavy atom. The molecule has 1 aliphatic carbocycles. The van der Waals surface area contributed by atoms with Crippen molar-refractivity contribution in [2.45, 2.75) is 52.0 Å². The molecule has 2 amide bonds. The highest BCUT2D eigenvalue weighted by molar-refractivity contribution is 7.17. The highest BCUT2D eigenvalue weighted by Gasteiger charge is 2.28. The van der Waals surface area contributed by atoms with Crippen LogP contribution < -0.4 is 10.6 Å². The Bertz CT molecular complexity index is 856. The molecule has 3 rings (SSSR count). The van der Waals surface area contributed by atoms with Gasteiger partial charge in [0, 0.05) is 17.7 Å². The van der Waals surface area contributed by atoms with Gasteiger partial charge in [0.25, 0.3) is 5.91 Å². The van der Waals surface area contributed by atoms with Crippen molar-refractivity contribution >= 4 is 34.1 Å². The Morgan fingerprint density at radius 1 is 1.32 bits per heavy atom. The van der Waals surface area contributed by atoms with Crippen LogP contribution in [0.15, 0.2) is 22.8 Å². The Hall–Kier alpha value is -2.61. The standard InChI is InChI=1S/C20H24N2O5S/c1-12-7-8-14-15(10-12)28-20(22-16(23)5-2-6-17(24)25)18(14)19(26)21-11-13-4-3-9-27-13/h3-4,9,12H,2,5-8,10-11H2,1H3,(H,21,26)(H,22,23)(H,24,25). The van der Waals surface area contributed by atoms with Crippen molar-refractivity contribution in [1.29, 1.82) is 0 Å². The molecule has 8 heteroatoms. The first kappa shape index (κ1) is 20.1. The van der Waals surface area contributed by atoms with Crippen molar-refractivity contribution < 1.29 is 23.9 Å². The second kappa shape index (κ2) is 9.05. The molecule has 28 heavy (non-hydrogen) atoms. The fourth-order valence-corrected chi connectivity index (χ4v) is 4.76. The number of carbonyl (C=O) groups excluding carboxylic acids is 2. The summed E-state index contributed by atoms with van der Waals surface area (Å²) in [4.78, 5) is 36.9. The molecule has 1 aliphatic rings. The van der Waals surface area contributed by atoms with Crippen molar-refractivity contribution in [2.24, 2.45) is 5.92 Å². The van der Waals surface area contributed by atoms with E-state index in [1.54, 1.807) is 18.4 Å². The summed E-state index contributed by atoms with van der Waals surface area (Å²) in [6.07, 6.45) is 4.59. The van der Waals surface area contributed by atoms with Gasteiger partial charge in [-0.2, -0.15) is 0 Å². The van der Waals surface area contributed by atoms with E-state index in [-0.39, 0.29) is 37.6 Å². The highest BCUT2D eigenvalue weighted by atomic mass is 32.1. The van der Waals surface area contributed by atoms with Crippen LogP contribution in [0.5, 0.6) is 0 Å². The smallest absolute Gasteiger partial charge is 0.303 e. The zero-order valence-electron chi connectivity index (χ0n) is 15.7. The van der Waals surface area contributed by atoms with Gasteiger partial charge in [-0.25, -0.2) is 0 Å². The summed E-state index contributed by atoms with van der Waals surface area (Å²) in [6.45, 7) is 2.46. The van der Waals surface area contributed by atoms with Gasteiger partial charge in [-0.15, -0.1) is 11.3 Å². The Balaban J connectivity index is 1.75. The maximum absolute atomic E-state index is 12.9. The first-order valence-corrected chi connectivity index (χ1v) is 10.2. The van der Waals surface area contributed by atoms with Gasteiger partial charge in [-0.3, -0.25) is 14.4 Å². The van der Waals surface area contributed by atoms with E-state index in [2.05, 4.69) is 17.6 Å². The SMILES string of the molecule is CC1CCc2c(sc(NC(=O)CCCC(=O)O)c2C(=O)NCc2ccco2)C1. The zero-order chi connectivity index (χ0) is 20.1. The van der Waals surface area contributed by atoms with E-state index in [0.717, 1.165) is 29.7 Å². The molecule has 1 atom stereocenters. The maximum Gasteiger partial charge on any atom is 0.303 e. The van der Waals surface area contributed by atoms with E-state index in [1.807, 2.05) is 0 Å². The Kier molecular flexibility index (Phi) is 6.51. The number of rotatable bonds is 8. The Morgan fingerprint density at radius 3 is 2.86 bits per heavy atom. The molecule has 0 saturated heterocycles. The minimum Gasteiger partial charge on any atom is -0.481 e. The zero-order valence-corrected chi connectivity index (χ0v) is 16.6. The number of nitrogens with one attached hydrogen (secondary N) is 2. The van der Waals surface area contributed by atoms with Crippen LogP contribution in [0.4, 0.5) is 5.00 Å². The second-order valence-corrected chi connectivity index (χ2v) is 8.22. The molecule has 1 unspecified atom stereocenters. The summed E-state index contributed by atoms with van der Waals surface area (Å²) in [7, 11) is 0. The number of anilines is 1. The molecule has 150 valence electrons. The van der Waals surface area contributed by atoms with E-state index in [0.29, 0.717) is 22.2 Å². The average Bonchev–Trinajstić information content (AvgIpc) is 3.26. The molecule has 2 heterocycles. The summed E-state index contributed by atoms with van der Waals surface area (Å²) in [6, 6.07) is 3.55. The lowest BCUT2D eigenvalue weighted by Gasteiger charge is -2.18. The third-order valence-corrected chi connectivity index (χ3v) is 5.96. The minimum absolute atomic E-state index is 0.0532. The maximum atomic E-state index is 12.9. The summed E-state index contributed by atoms with van der Waals surface area (Å²) in [5, 5.41) is 15.0. The average molecular weight is 404 g/mol. The fraction of sp³-hybridized carbons (Fsp3) is 0.450. The number of carbonyl (C=O) groups is 3. The van der Waals surface area contributed by atoms with Crippen LogP contribution in [0.1, 0.15) is 59.2 Å². The lowest BCUT2D eigenvalue weighted by Crippen LogP contribution is -2.25. The highest BCUT2D eigenvalue weighted by Crippen LogP contribution is 2.39. The van der Waals surface area contributed by atoms with Crippen LogP contribution in [-0.4, -0.2) is 22.9 Å². The molecule has 0 aromatic carbocycles. The molecule has 0 spiro atoms. The normalized spacial score (nSPS) is 15.7. The van der Waals surface area contributed by atoms with Crippen molar-refractivity contribution in [3.05, 3.63) is 40.2 Å². The van der Waals surface area contributed by atoms with Crippen LogP contribution in [0.25, 0.3) is 0 Å². The van der Waals surface area contributed by atoms with Gasteiger partial charge in [-0.05, 0) is 49.3 Å². The third-order valence-electron chi connectivity index (χ3n) is 4.79. The number of furan rings is 1. The van der Waals surface area contributed by atoms with Crippen LogP contribution in [-0.2, 0) is 29.0 Å². The third kappa shape index (κ3) is 5.01. The number of fused-ring (bicyclic) bond motifs is 1. The number of hydrogen-bond acceptors (Lipinski definition) is 5. The summed E-state index contributed by atoms with van der Waals surface area (Å²) in [5.74, 6) is -0.224. The predicted molar refractivity (Wildman–Crippen MR) is 106 cm³/mol. The first-order chi connectivity index (χ1) is 13.4. The Labute approximate surface area is 167 Å². The van der Waals surface area contributed by atoms with Crippen molar-refractivity contribution in [2.75, 3.05) is 5.32 Å². The number of thiophene rings is 1. The van der Waals surface area contributed by atoms with Crippen LogP contribution in [0.2, 0.25) is 0 Å². The van der Waals surface area contributed by atoms with Crippen LogP contribution in [0.3, 0.4) is 0 Å². The van der Waals surface area contributed by atoms with E-state index in [4.69, 9.17) is 9.52 Å². The van der Waals surface area contributed by atoms with Gasteiger partial charge in [0.1, 0.15) is 10.8 Å². The number of amides is 2. The number of carboxylic acid groups (broad SMARTS) is 1. The topological polar surface area (TPSA) is 109 Å². The molecule has 2 aromatic heterocycles. The molecule has 7 nitrogen and oxygen atoms in total. The molecule has 0 aliphatic heterocycles. The molecule has 0 bridgehead atoms. The molecule has 0 saturated carbocycles. The van der Waals surface area contributed by atoms with Gasteiger partial charge < -0.3 is 20.2 Å². The monoisotopic (exact) mass is 404 g/mol. The van der Waals surface area contributed by atoms with Gasteiger partial charge in [0.05, 0.1) is 18.4 Å². The van der Waals surface area contributed by atoms with Gasteiger partial charge in [0.15, 0.2) is 0 Å². The van der Waals surface area contributed by atoms with E-state index in [1.165, 1.54) is 11.3 Å². The lowest BCUT2D eigenvalue weighted by molar-refractivity contribution is -0.137. The van der Waals surface area contributed by atoms with Gasteiger partial charge >= 0.3 is 5.97 Å². The summed E-state index contributed by atoms with van der Waals surface area (Å²) >= 11 is 1.45. The number of hydrogen-bond donors (Lipinski definition) is 3. The molecule has 0 fully saturated rings. The van der Waals surface area contributed by atoms with Crippen molar-refractivity contribution in [3.63, 3.8) is 0 Å².